The molecule has 0 spiro atoms. The number of nitrogens with zero attached hydrogens (tertiary/aromatic N) is 3. The number of ether oxygens (including phenoxy) is 1. The Bertz CT molecular complexity index is 792. The van der Waals surface area contributed by atoms with Gasteiger partial charge in [-0.1, -0.05) is 6.07 Å². The van der Waals surface area contributed by atoms with Gasteiger partial charge in [0.2, 0.25) is 11.2 Å². The van der Waals surface area contributed by atoms with Gasteiger partial charge in [-0.25, -0.2) is 5.01 Å². The number of benzene rings is 1. The highest BCUT2D eigenvalue weighted by molar-refractivity contribution is 6.63. The average Bonchev–Trinajstić information content (AvgIpc) is 2.64. The molecule has 1 saturated heterocycles. The number of hydrazone groups is 1. The van der Waals surface area contributed by atoms with Crippen molar-refractivity contribution < 1.29 is 17.9 Å². The van der Waals surface area contributed by atoms with Crippen molar-refractivity contribution in [3.63, 3.8) is 0 Å². The number of amidine groups is 1. The molecule has 2 heterocycles. The Labute approximate surface area is 165 Å². The third-order valence-corrected chi connectivity index (χ3v) is 4.51. The first-order valence-corrected chi connectivity index (χ1v) is 8.98. The van der Waals surface area contributed by atoms with Crippen molar-refractivity contribution >= 4 is 22.8 Å². The van der Waals surface area contributed by atoms with Gasteiger partial charge in [-0.15, -0.1) is 5.10 Å². The van der Waals surface area contributed by atoms with E-state index in [9.17, 15) is 13.2 Å². The smallest absolute Gasteiger partial charge is 0.416 e. The summed E-state index contributed by atoms with van der Waals surface area (Å²) in [5, 5.41) is 15.3. The molecule has 0 saturated carbocycles. The third-order valence-electron chi connectivity index (χ3n) is 4.34. The lowest BCUT2D eigenvalue weighted by Crippen LogP contribution is -2.43. The second-order valence-corrected chi connectivity index (χ2v) is 6.73. The van der Waals surface area contributed by atoms with Crippen molar-refractivity contribution in [1.29, 1.82) is 5.41 Å². The highest BCUT2D eigenvalue weighted by Gasteiger charge is 2.32. The fraction of sp³-hybridized carbons (Fsp3) is 0.412. The molecule has 4 N–H and O–H groups in total. The van der Waals surface area contributed by atoms with Crippen LogP contribution in [0.3, 0.4) is 0 Å². The van der Waals surface area contributed by atoms with E-state index in [1.165, 1.54) is 18.2 Å². The van der Waals surface area contributed by atoms with E-state index in [1.54, 1.807) is 0 Å². The summed E-state index contributed by atoms with van der Waals surface area (Å²) < 4.78 is 45.2. The van der Waals surface area contributed by atoms with Gasteiger partial charge in [0.25, 0.3) is 0 Å². The normalized spacial score (nSPS) is 20.8. The molecule has 7 nitrogen and oxygen atoms in total. The van der Waals surface area contributed by atoms with Gasteiger partial charge < -0.3 is 15.8 Å². The molecular formula is C17H20ClF3N6O. The topological polar surface area (TPSA) is 90.0 Å². The lowest BCUT2D eigenvalue weighted by molar-refractivity contribution is -0.137. The molecule has 0 bridgehead atoms. The quantitative estimate of drug-likeness (QED) is 0.399. The molecule has 0 amide bonds. The molecule has 0 aromatic heterocycles. The Hall–Kier alpha value is -2.14. The monoisotopic (exact) mass is 416 g/mol. The lowest BCUT2D eigenvalue weighted by Gasteiger charge is -2.28. The van der Waals surface area contributed by atoms with Crippen LogP contribution in [0.2, 0.25) is 0 Å². The minimum absolute atomic E-state index is 0.00650. The molecule has 2 aliphatic heterocycles. The van der Waals surface area contributed by atoms with Gasteiger partial charge in [0.1, 0.15) is 11.9 Å². The molecule has 28 heavy (non-hydrogen) atoms. The van der Waals surface area contributed by atoms with Crippen LogP contribution >= 0.6 is 11.6 Å². The number of piperazine rings is 1. The molecule has 11 heteroatoms. The van der Waals surface area contributed by atoms with Crippen LogP contribution in [0.5, 0.6) is 5.75 Å². The van der Waals surface area contributed by atoms with E-state index in [0.29, 0.717) is 12.1 Å². The van der Waals surface area contributed by atoms with E-state index < -0.39 is 23.2 Å². The van der Waals surface area contributed by atoms with Crippen LogP contribution in [0.15, 0.2) is 35.5 Å². The molecule has 3 rings (SSSR count). The number of nitrogens with two attached hydrogens (primary N) is 1. The minimum Gasteiger partial charge on any atom is -0.437 e. The van der Waals surface area contributed by atoms with Gasteiger partial charge >= 0.3 is 6.18 Å². The van der Waals surface area contributed by atoms with Crippen LogP contribution < -0.4 is 15.8 Å². The first kappa shape index (κ1) is 20.6. The zero-order chi connectivity index (χ0) is 20.3. The zero-order valence-corrected chi connectivity index (χ0v) is 15.6. The van der Waals surface area contributed by atoms with Crippen LogP contribution in [0.1, 0.15) is 11.1 Å². The maximum absolute atomic E-state index is 13.2. The van der Waals surface area contributed by atoms with E-state index in [2.05, 4.69) is 15.3 Å². The standard InChI is InChI=1S/C17H20ClF3N6O/c18-16(23)27-14(22)3-4-15(25-27)28-13-9-12(17(19,20)21)2-1-11(13)10-26-7-5-24-6-8-26/h1-4,9,14,23-24H,5-8,10,22H2. The highest BCUT2D eigenvalue weighted by atomic mass is 35.5. The first-order chi connectivity index (χ1) is 13.2. The summed E-state index contributed by atoms with van der Waals surface area (Å²) in [7, 11) is 0. The second-order valence-electron chi connectivity index (χ2n) is 6.37. The summed E-state index contributed by atoms with van der Waals surface area (Å²) in [5.41, 5.74) is 5.55. The number of rotatable bonds is 3. The van der Waals surface area contributed by atoms with Gasteiger partial charge in [0.15, 0.2) is 0 Å². The summed E-state index contributed by atoms with van der Waals surface area (Å²) in [5.74, 6) is 0.0428. The molecule has 1 atom stereocenters. The Morgan fingerprint density at radius 3 is 2.71 bits per heavy atom. The highest BCUT2D eigenvalue weighted by Crippen LogP contribution is 2.34. The average molecular weight is 417 g/mol. The molecule has 0 aliphatic carbocycles. The fourth-order valence-corrected chi connectivity index (χ4v) is 3.03. The third kappa shape index (κ3) is 5.02. The van der Waals surface area contributed by atoms with E-state index >= 15 is 0 Å². The van der Waals surface area contributed by atoms with E-state index in [-0.39, 0.29) is 11.6 Å². The molecule has 152 valence electrons. The summed E-state index contributed by atoms with van der Waals surface area (Å²) in [4.78, 5) is 2.13. The van der Waals surface area contributed by atoms with E-state index in [0.717, 1.165) is 43.3 Å². The summed E-state index contributed by atoms with van der Waals surface area (Å²) in [6.07, 6.45) is -2.32. The van der Waals surface area contributed by atoms with Crippen molar-refractivity contribution in [3.05, 3.63) is 41.5 Å². The molecule has 1 aromatic carbocycles. The Morgan fingerprint density at radius 1 is 1.36 bits per heavy atom. The predicted octanol–water partition coefficient (Wildman–Crippen LogP) is 2.13. The van der Waals surface area contributed by atoms with Crippen LogP contribution in [-0.4, -0.2) is 53.4 Å². The predicted molar refractivity (Wildman–Crippen MR) is 100 cm³/mol. The van der Waals surface area contributed by atoms with Gasteiger partial charge in [-0.05, 0) is 29.8 Å². The van der Waals surface area contributed by atoms with Gasteiger partial charge in [0, 0.05) is 44.4 Å². The van der Waals surface area contributed by atoms with Crippen molar-refractivity contribution in [2.45, 2.75) is 18.9 Å². The van der Waals surface area contributed by atoms with Gasteiger partial charge in [0.05, 0.1) is 5.56 Å². The molecule has 1 unspecified atom stereocenters. The first-order valence-electron chi connectivity index (χ1n) is 8.61. The summed E-state index contributed by atoms with van der Waals surface area (Å²) in [6.45, 7) is 3.65. The molecule has 2 aliphatic rings. The SMILES string of the molecule is N=C(Cl)N1N=C(Oc2cc(C(F)(F)F)ccc2CN2CCNCC2)C=CC1N. The van der Waals surface area contributed by atoms with E-state index in [1.807, 2.05) is 0 Å². The number of hydrogen-bond donors (Lipinski definition) is 3. The Kier molecular flexibility index (Phi) is 6.23. The molecular weight excluding hydrogens is 397 g/mol. The summed E-state index contributed by atoms with van der Waals surface area (Å²) >= 11 is 5.64. The van der Waals surface area contributed by atoms with Crippen LogP contribution in [0.4, 0.5) is 13.2 Å². The Balaban J connectivity index is 1.88. The number of nitrogens with one attached hydrogen (secondary N) is 2. The van der Waals surface area contributed by atoms with Crippen molar-refractivity contribution in [3.8, 4) is 5.75 Å². The maximum Gasteiger partial charge on any atom is 0.416 e. The maximum atomic E-state index is 13.2. The zero-order valence-electron chi connectivity index (χ0n) is 14.8. The largest absolute Gasteiger partial charge is 0.437 e. The van der Waals surface area contributed by atoms with E-state index in [4.69, 9.17) is 27.5 Å². The molecule has 1 fully saturated rings. The molecule has 1 aromatic rings. The molecule has 0 radical (unpaired) electrons. The van der Waals surface area contributed by atoms with Crippen molar-refractivity contribution in [2.75, 3.05) is 26.2 Å². The number of halogens is 4. The van der Waals surface area contributed by atoms with Crippen LogP contribution in [0, 0.1) is 5.41 Å². The van der Waals surface area contributed by atoms with Crippen molar-refractivity contribution in [1.82, 2.24) is 15.2 Å². The van der Waals surface area contributed by atoms with Crippen LogP contribution in [-0.2, 0) is 12.7 Å². The lowest BCUT2D eigenvalue weighted by atomic mass is 10.1. The summed E-state index contributed by atoms with van der Waals surface area (Å²) in [6, 6.07) is 3.42. The fourth-order valence-electron chi connectivity index (χ4n) is 2.88. The minimum atomic E-state index is -4.50. The number of alkyl halides is 3. The number of hydrogen-bond acceptors (Lipinski definition) is 6. The Morgan fingerprint density at radius 2 is 2.07 bits per heavy atom. The van der Waals surface area contributed by atoms with Gasteiger partial charge in [-0.2, -0.15) is 13.2 Å². The second kappa shape index (κ2) is 8.48. The van der Waals surface area contributed by atoms with Gasteiger partial charge in [-0.3, -0.25) is 10.3 Å². The van der Waals surface area contributed by atoms with Crippen LogP contribution in [0.25, 0.3) is 0 Å². The van der Waals surface area contributed by atoms with Crippen molar-refractivity contribution in [2.24, 2.45) is 10.8 Å².